The molecule has 0 saturated carbocycles. The first kappa shape index (κ1) is 12.6. The second-order valence-corrected chi connectivity index (χ2v) is 4.83. The molecule has 1 aromatic carbocycles. The highest BCUT2D eigenvalue weighted by molar-refractivity contribution is 5.35. The van der Waals surface area contributed by atoms with E-state index in [2.05, 4.69) is 48.4 Å². The summed E-state index contributed by atoms with van der Waals surface area (Å²) in [5, 5.41) is 8.06. The molecule has 0 unspecified atom stereocenters. The number of anilines is 1. The minimum Gasteiger partial charge on any atom is -0.381 e. The fourth-order valence-corrected chi connectivity index (χ4v) is 2.17. The van der Waals surface area contributed by atoms with Crippen LogP contribution in [-0.2, 0) is 13.0 Å². The van der Waals surface area contributed by atoms with E-state index < -0.39 is 0 Å². The van der Waals surface area contributed by atoms with E-state index in [0.29, 0.717) is 11.7 Å². The van der Waals surface area contributed by atoms with Crippen LogP contribution < -0.4 is 5.73 Å². The SMILES string of the molecule is CC(C)c1c(N)nnn1CCCc1ccccc1. The van der Waals surface area contributed by atoms with Gasteiger partial charge in [-0.2, -0.15) is 0 Å². The van der Waals surface area contributed by atoms with Crippen molar-refractivity contribution in [2.45, 2.75) is 39.2 Å². The summed E-state index contributed by atoms with van der Waals surface area (Å²) in [6.45, 7) is 5.10. The fraction of sp³-hybridized carbons (Fsp3) is 0.429. The molecule has 4 nitrogen and oxygen atoms in total. The van der Waals surface area contributed by atoms with Gasteiger partial charge in [0.2, 0.25) is 0 Å². The van der Waals surface area contributed by atoms with Gasteiger partial charge in [0.05, 0.1) is 5.69 Å². The van der Waals surface area contributed by atoms with Crippen LogP contribution in [0.4, 0.5) is 5.82 Å². The molecule has 0 atom stereocenters. The minimum atomic E-state index is 0.358. The summed E-state index contributed by atoms with van der Waals surface area (Å²) < 4.78 is 1.93. The highest BCUT2D eigenvalue weighted by Gasteiger charge is 2.13. The van der Waals surface area contributed by atoms with Crippen molar-refractivity contribution in [2.24, 2.45) is 0 Å². The zero-order chi connectivity index (χ0) is 13.0. The van der Waals surface area contributed by atoms with Crippen LogP contribution in [0.15, 0.2) is 30.3 Å². The molecule has 2 rings (SSSR count). The maximum Gasteiger partial charge on any atom is 0.169 e. The van der Waals surface area contributed by atoms with Gasteiger partial charge in [-0.1, -0.05) is 49.4 Å². The number of hydrogen-bond acceptors (Lipinski definition) is 3. The quantitative estimate of drug-likeness (QED) is 0.879. The van der Waals surface area contributed by atoms with Crippen molar-refractivity contribution in [2.75, 3.05) is 5.73 Å². The van der Waals surface area contributed by atoms with Crippen LogP contribution in [0.1, 0.15) is 37.4 Å². The van der Waals surface area contributed by atoms with Gasteiger partial charge in [0.25, 0.3) is 0 Å². The Morgan fingerprint density at radius 2 is 1.94 bits per heavy atom. The highest BCUT2D eigenvalue weighted by Crippen LogP contribution is 2.19. The van der Waals surface area contributed by atoms with E-state index in [9.17, 15) is 0 Å². The van der Waals surface area contributed by atoms with Gasteiger partial charge >= 0.3 is 0 Å². The molecular formula is C14H20N4. The molecule has 4 heteroatoms. The van der Waals surface area contributed by atoms with Crippen LogP contribution >= 0.6 is 0 Å². The average molecular weight is 244 g/mol. The molecule has 96 valence electrons. The van der Waals surface area contributed by atoms with E-state index in [4.69, 9.17) is 5.73 Å². The molecule has 2 N–H and O–H groups in total. The van der Waals surface area contributed by atoms with Crippen molar-refractivity contribution in [3.8, 4) is 0 Å². The van der Waals surface area contributed by atoms with Crippen molar-refractivity contribution < 1.29 is 0 Å². The third-order valence-electron chi connectivity index (χ3n) is 3.03. The number of nitrogens with zero attached hydrogens (tertiary/aromatic N) is 3. The third kappa shape index (κ3) is 2.88. The number of aromatic nitrogens is 3. The summed E-state index contributed by atoms with van der Waals surface area (Å²) in [6, 6.07) is 10.5. The highest BCUT2D eigenvalue weighted by atomic mass is 15.4. The number of aryl methyl sites for hydroxylation is 2. The molecule has 0 spiro atoms. The summed E-state index contributed by atoms with van der Waals surface area (Å²) in [5.74, 6) is 0.918. The maximum absolute atomic E-state index is 5.83. The normalized spacial score (nSPS) is 11.1. The van der Waals surface area contributed by atoms with Crippen LogP contribution in [0.25, 0.3) is 0 Å². The van der Waals surface area contributed by atoms with Crippen molar-refractivity contribution in [3.63, 3.8) is 0 Å². The Morgan fingerprint density at radius 3 is 2.61 bits per heavy atom. The van der Waals surface area contributed by atoms with Gasteiger partial charge in [-0.25, -0.2) is 4.68 Å². The zero-order valence-electron chi connectivity index (χ0n) is 11.0. The zero-order valence-corrected chi connectivity index (χ0v) is 11.0. The van der Waals surface area contributed by atoms with Crippen LogP contribution in [0.3, 0.4) is 0 Å². The Balaban J connectivity index is 1.95. The standard InChI is InChI=1S/C14H20N4/c1-11(2)13-14(15)16-17-18(13)10-6-9-12-7-4-3-5-8-12/h3-5,7-8,11H,6,9-10,15H2,1-2H3. The number of nitrogen functional groups attached to an aromatic ring is 1. The Bertz CT molecular complexity index is 488. The molecule has 0 amide bonds. The van der Waals surface area contributed by atoms with Crippen LogP contribution in [0.2, 0.25) is 0 Å². The molecule has 0 fully saturated rings. The van der Waals surface area contributed by atoms with E-state index >= 15 is 0 Å². The fourth-order valence-electron chi connectivity index (χ4n) is 2.17. The van der Waals surface area contributed by atoms with Gasteiger partial charge < -0.3 is 5.73 Å². The molecular weight excluding hydrogens is 224 g/mol. The first-order valence-corrected chi connectivity index (χ1v) is 6.41. The second-order valence-electron chi connectivity index (χ2n) is 4.83. The molecule has 0 aliphatic carbocycles. The molecule has 18 heavy (non-hydrogen) atoms. The average Bonchev–Trinajstić information content (AvgIpc) is 2.72. The van der Waals surface area contributed by atoms with Gasteiger partial charge in [0, 0.05) is 6.54 Å². The van der Waals surface area contributed by atoms with Gasteiger partial charge in [-0.3, -0.25) is 0 Å². The van der Waals surface area contributed by atoms with E-state index in [1.165, 1.54) is 5.56 Å². The van der Waals surface area contributed by atoms with Gasteiger partial charge in [0.15, 0.2) is 5.82 Å². The smallest absolute Gasteiger partial charge is 0.169 e. The first-order chi connectivity index (χ1) is 8.68. The Morgan fingerprint density at radius 1 is 1.22 bits per heavy atom. The summed E-state index contributed by atoms with van der Waals surface area (Å²) in [5.41, 5.74) is 8.23. The lowest BCUT2D eigenvalue weighted by atomic mass is 10.1. The predicted octanol–water partition coefficient (Wildman–Crippen LogP) is 2.62. The Hall–Kier alpha value is -1.84. The lowest BCUT2D eigenvalue weighted by molar-refractivity contribution is 0.526. The van der Waals surface area contributed by atoms with E-state index in [1.807, 2.05) is 10.7 Å². The molecule has 1 aromatic heterocycles. The predicted molar refractivity (Wildman–Crippen MR) is 73.3 cm³/mol. The molecule has 0 radical (unpaired) electrons. The summed E-state index contributed by atoms with van der Waals surface area (Å²) in [4.78, 5) is 0. The Labute approximate surface area is 108 Å². The summed E-state index contributed by atoms with van der Waals surface area (Å²) >= 11 is 0. The number of rotatable bonds is 5. The number of hydrogen-bond donors (Lipinski definition) is 1. The molecule has 0 aliphatic rings. The van der Waals surface area contributed by atoms with Gasteiger partial charge in [-0.05, 0) is 24.3 Å². The van der Waals surface area contributed by atoms with E-state index in [0.717, 1.165) is 25.1 Å². The number of nitrogens with two attached hydrogens (primary N) is 1. The van der Waals surface area contributed by atoms with Gasteiger partial charge in [0.1, 0.15) is 0 Å². The minimum absolute atomic E-state index is 0.358. The lowest BCUT2D eigenvalue weighted by Gasteiger charge is -2.09. The van der Waals surface area contributed by atoms with Crippen molar-refractivity contribution in [1.29, 1.82) is 0 Å². The lowest BCUT2D eigenvalue weighted by Crippen LogP contribution is -2.08. The van der Waals surface area contributed by atoms with Crippen molar-refractivity contribution in [3.05, 3.63) is 41.6 Å². The van der Waals surface area contributed by atoms with Crippen LogP contribution in [-0.4, -0.2) is 15.0 Å². The molecule has 2 aromatic rings. The first-order valence-electron chi connectivity index (χ1n) is 6.41. The Kier molecular flexibility index (Phi) is 3.97. The van der Waals surface area contributed by atoms with Crippen LogP contribution in [0.5, 0.6) is 0 Å². The summed E-state index contributed by atoms with van der Waals surface area (Å²) in [6.07, 6.45) is 2.10. The van der Waals surface area contributed by atoms with Crippen molar-refractivity contribution in [1.82, 2.24) is 15.0 Å². The molecule has 0 aliphatic heterocycles. The molecule has 0 saturated heterocycles. The van der Waals surface area contributed by atoms with Gasteiger partial charge in [-0.15, -0.1) is 5.10 Å². The summed E-state index contributed by atoms with van der Waals surface area (Å²) in [7, 11) is 0. The number of benzene rings is 1. The van der Waals surface area contributed by atoms with Crippen LogP contribution in [0, 0.1) is 0 Å². The van der Waals surface area contributed by atoms with Crippen molar-refractivity contribution >= 4 is 5.82 Å². The third-order valence-corrected chi connectivity index (χ3v) is 3.03. The largest absolute Gasteiger partial charge is 0.381 e. The molecule has 1 heterocycles. The topological polar surface area (TPSA) is 56.7 Å². The monoisotopic (exact) mass is 244 g/mol. The van der Waals surface area contributed by atoms with E-state index in [1.54, 1.807) is 0 Å². The second kappa shape index (κ2) is 5.67. The molecule has 0 bridgehead atoms. The maximum atomic E-state index is 5.83. The van der Waals surface area contributed by atoms with E-state index in [-0.39, 0.29) is 0 Å².